The SMILES string of the molecule is CCOC(=O)C/C(C)=N/NC(=O)CNc1ccc(C)cc1C. The van der Waals surface area contributed by atoms with Gasteiger partial charge in [-0.3, -0.25) is 9.59 Å². The lowest BCUT2D eigenvalue weighted by Gasteiger charge is -2.09. The molecule has 0 saturated carbocycles. The normalized spacial score (nSPS) is 11.0. The van der Waals surface area contributed by atoms with Crippen LogP contribution in [0.25, 0.3) is 0 Å². The van der Waals surface area contributed by atoms with E-state index in [1.54, 1.807) is 13.8 Å². The van der Waals surface area contributed by atoms with Crippen molar-refractivity contribution in [3.8, 4) is 0 Å². The Morgan fingerprint density at radius 2 is 2.00 bits per heavy atom. The van der Waals surface area contributed by atoms with E-state index in [2.05, 4.69) is 15.8 Å². The number of anilines is 1. The average Bonchev–Trinajstić information content (AvgIpc) is 2.44. The zero-order valence-electron chi connectivity index (χ0n) is 13.5. The minimum Gasteiger partial charge on any atom is -0.466 e. The molecule has 0 atom stereocenters. The van der Waals surface area contributed by atoms with Crippen LogP contribution in [0.4, 0.5) is 5.69 Å². The van der Waals surface area contributed by atoms with E-state index >= 15 is 0 Å². The Kier molecular flexibility index (Phi) is 7.08. The van der Waals surface area contributed by atoms with Gasteiger partial charge < -0.3 is 10.1 Å². The maximum absolute atomic E-state index is 11.7. The van der Waals surface area contributed by atoms with Crippen molar-refractivity contribution in [3.63, 3.8) is 0 Å². The molecular formula is C16H23N3O3. The summed E-state index contributed by atoms with van der Waals surface area (Å²) in [5, 5.41) is 6.92. The molecule has 1 rings (SSSR count). The number of carbonyl (C=O) groups excluding carboxylic acids is 2. The molecule has 22 heavy (non-hydrogen) atoms. The molecule has 0 saturated heterocycles. The summed E-state index contributed by atoms with van der Waals surface area (Å²) in [6, 6.07) is 5.96. The number of carbonyl (C=O) groups is 2. The Bertz CT molecular complexity index is 568. The van der Waals surface area contributed by atoms with Crippen LogP contribution in [0.5, 0.6) is 0 Å². The highest BCUT2D eigenvalue weighted by molar-refractivity contribution is 5.98. The van der Waals surface area contributed by atoms with Crippen molar-refractivity contribution in [3.05, 3.63) is 29.3 Å². The molecule has 0 bridgehead atoms. The third-order valence-corrected chi connectivity index (χ3v) is 2.90. The highest BCUT2D eigenvalue weighted by atomic mass is 16.5. The van der Waals surface area contributed by atoms with Crippen molar-refractivity contribution in [1.82, 2.24) is 5.43 Å². The predicted octanol–water partition coefficient (Wildman–Crippen LogP) is 2.16. The minimum atomic E-state index is -0.355. The van der Waals surface area contributed by atoms with E-state index in [1.165, 1.54) is 5.56 Å². The number of hydrazone groups is 1. The molecule has 0 fully saturated rings. The third kappa shape index (κ3) is 6.39. The van der Waals surface area contributed by atoms with E-state index < -0.39 is 0 Å². The second kappa shape index (κ2) is 8.81. The Balaban J connectivity index is 2.41. The summed E-state index contributed by atoms with van der Waals surface area (Å²) < 4.78 is 4.80. The Morgan fingerprint density at radius 1 is 1.27 bits per heavy atom. The Hall–Kier alpha value is -2.37. The van der Waals surface area contributed by atoms with Gasteiger partial charge in [-0.2, -0.15) is 5.10 Å². The molecule has 0 aliphatic rings. The topological polar surface area (TPSA) is 79.8 Å². The van der Waals surface area contributed by atoms with Crippen molar-refractivity contribution in [2.24, 2.45) is 5.10 Å². The van der Waals surface area contributed by atoms with E-state index in [0.717, 1.165) is 11.3 Å². The summed E-state index contributed by atoms with van der Waals surface area (Å²) in [6.07, 6.45) is 0.0681. The van der Waals surface area contributed by atoms with Crippen LogP contribution in [-0.4, -0.2) is 30.7 Å². The molecular weight excluding hydrogens is 282 g/mol. The molecule has 6 nitrogen and oxygen atoms in total. The zero-order valence-corrected chi connectivity index (χ0v) is 13.5. The van der Waals surface area contributed by atoms with E-state index in [4.69, 9.17) is 4.74 Å². The van der Waals surface area contributed by atoms with Crippen LogP contribution < -0.4 is 10.7 Å². The molecule has 1 aromatic carbocycles. The number of rotatable bonds is 7. The molecule has 0 aliphatic heterocycles. The predicted molar refractivity (Wildman–Crippen MR) is 86.9 cm³/mol. The van der Waals surface area contributed by atoms with Crippen molar-refractivity contribution in [1.29, 1.82) is 0 Å². The Labute approximate surface area is 130 Å². The maximum Gasteiger partial charge on any atom is 0.311 e. The molecule has 0 heterocycles. The van der Waals surface area contributed by atoms with Crippen LogP contribution in [0.2, 0.25) is 0 Å². The number of nitrogens with zero attached hydrogens (tertiary/aromatic N) is 1. The first-order valence-electron chi connectivity index (χ1n) is 7.21. The largest absolute Gasteiger partial charge is 0.466 e. The first kappa shape index (κ1) is 17.7. The fraction of sp³-hybridized carbons (Fsp3) is 0.438. The van der Waals surface area contributed by atoms with Gasteiger partial charge in [-0.1, -0.05) is 17.7 Å². The summed E-state index contributed by atoms with van der Waals surface area (Å²) in [4.78, 5) is 23.0. The molecule has 120 valence electrons. The number of nitrogens with one attached hydrogen (secondary N) is 2. The Morgan fingerprint density at radius 3 is 2.64 bits per heavy atom. The minimum absolute atomic E-state index is 0.0681. The molecule has 6 heteroatoms. The smallest absolute Gasteiger partial charge is 0.311 e. The first-order valence-corrected chi connectivity index (χ1v) is 7.21. The lowest BCUT2D eigenvalue weighted by molar-refractivity contribution is -0.141. The third-order valence-electron chi connectivity index (χ3n) is 2.90. The fourth-order valence-corrected chi connectivity index (χ4v) is 1.85. The molecule has 2 N–H and O–H groups in total. The van der Waals surface area contributed by atoms with E-state index in [1.807, 2.05) is 32.0 Å². The molecule has 0 aliphatic carbocycles. The second-order valence-electron chi connectivity index (χ2n) is 5.04. The van der Waals surface area contributed by atoms with Crippen molar-refractivity contribution in [2.75, 3.05) is 18.5 Å². The summed E-state index contributed by atoms with van der Waals surface area (Å²) in [5.41, 5.74) is 6.07. The summed E-state index contributed by atoms with van der Waals surface area (Å²) in [7, 11) is 0. The van der Waals surface area contributed by atoms with Gasteiger partial charge >= 0.3 is 5.97 Å². The molecule has 0 radical (unpaired) electrons. The van der Waals surface area contributed by atoms with Crippen LogP contribution >= 0.6 is 0 Å². The molecule has 1 amide bonds. The molecule has 0 spiro atoms. The lowest BCUT2D eigenvalue weighted by atomic mass is 10.1. The number of hydrogen-bond donors (Lipinski definition) is 2. The number of benzene rings is 1. The standard InChI is InChI=1S/C16H23N3O3/c1-5-22-16(21)9-13(4)18-19-15(20)10-17-14-7-6-11(2)8-12(14)3/h6-8,17H,5,9-10H2,1-4H3,(H,19,20)/b18-13+. The van der Waals surface area contributed by atoms with Gasteiger partial charge in [0.25, 0.3) is 5.91 Å². The summed E-state index contributed by atoms with van der Waals surface area (Å²) in [5.74, 6) is -0.630. The quantitative estimate of drug-likeness (QED) is 0.459. The van der Waals surface area contributed by atoms with Gasteiger partial charge in [0.15, 0.2) is 0 Å². The first-order chi connectivity index (χ1) is 10.4. The van der Waals surface area contributed by atoms with Crippen LogP contribution in [0.3, 0.4) is 0 Å². The van der Waals surface area contributed by atoms with Gasteiger partial charge in [0.1, 0.15) is 0 Å². The number of esters is 1. The van der Waals surface area contributed by atoms with Gasteiger partial charge in [0, 0.05) is 11.4 Å². The maximum atomic E-state index is 11.7. The van der Waals surface area contributed by atoms with E-state index in [-0.39, 0.29) is 24.8 Å². The average molecular weight is 305 g/mol. The second-order valence-corrected chi connectivity index (χ2v) is 5.04. The fourth-order valence-electron chi connectivity index (χ4n) is 1.85. The van der Waals surface area contributed by atoms with Crippen LogP contribution in [0, 0.1) is 13.8 Å². The van der Waals surface area contributed by atoms with E-state index in [0.29, 0.717) is 12.3 Å². The van der Waals surface area contributed by atoms with Gasteiger partial charge in [-0.25, -0.2) is 5.43 Å². The van der Waals surface area contributed by atoms with Gasteiger partial charge in [0.2, 0.25) is 0 Å². The number of hydrogen-bond acceptors (Lipinski definition) is 5. The van der Waals surface area contributed by atoms with Crippen molar-refractivity contribution in [2.45, 2.75) is 34.1 Å². The lowest BCUT2D eigenvalue weighted by Crippen LogP contribution is -2.27. The number of amides is 1. The number of ether oxygens (including phenoxy) is 1. The van der Waals surface area contributed by atoms with Crippen molar-refractivity contribution >= 4 is 23.3 Å². The number of aryl methyl sites for hydroxylation is 2. The highest BCUT2D eigenvalue weighted by Crippen LogP contribution is 2.15. The summed E-state index contributed by atoms with van der Waals surface area (Å²) >= 11 is 0. The van der Waals surface area contributed by atoms with Crippen LogP contribution in [-0.2, 0) is 14.3 Å². The molecule has 0 unspecified atom stereocenters. The van der Waals surface area contributed by atoms with Gasteiger partial charge in [0.05, 0.1) is 19.6 Å². The summed E-state index contributed by atoms with van der Waals surface area (Å²) in [6.45, 7) is 7.84. The highest BCUT2D eigenvalue weighted by Gasteiger charge is 2.06. The monoisotopic (exact) mass is 305 g/mol. The van der Waals surface area contributed by atoms with Gasteiger partial charge in [-0.15, -0.1) is 0 Å². The van der Waals surface area contributed by atoms with Gasteiger partial charge in [-0.05, 0) is 39.3 Å². The molecule has 1 aromatic rings. The molecule has 0 aromatic heterocycles. The zero-order chi connectivity index (χ0) is 16.5. The van der Waals surface area contributed by atoms with Crippen LogP contribution in [0.1, 0.15) is 31.4 Å². The van der Waals surface area contributed by atoms with Crippen molar-refractivity contribution < 1.29 is 14.3 Å². The van der Waals surface area contributed by atoms with Crippen LogP contribution in [0.15, 0.2) is 23.3 Å². The van der Waals surface area contributed by atoms with E-state index in [9.17, 15) is 9.59 Å².